The van der Waals surface area contributed by atoms with E-state index in [1.54, 1.807) is 19.1 Å². The van der Waals surface area contributed by atoms with Gasteiger partial charge in [-0.05, 0) is 61.2 Å². The molecule has 6 nitrogen and oxygen atoms in total. The number of benzene rings is 2. The maximum absolute atomic E-state index is 13.1. The van der Waals surface area contributed by atoms with E-state index in [4.69, 9.17) is 0 Å². The molecule has 0 aliphatic carbocycles. The first kappa shape index (κ1) is 20.2. The van der Waals surface area contributed by atoms with Gasteiger partial charge >= 0.3 is 0 Å². The number of amidine groups is 1. The number of nitrogens with zero attached hydrogens (tertiary/aromatic N) is 3. The summed E-state index contributed by atoms with van der Waals surface area (Å²) in [5, 5.41) is 1.03. The fourth-order valence-corrected chi connectivity index (χ4v) is 5.14. The second-order valence-electron chi connectivity index (χ2n) is 6.39. The molecule has 1 aliphatic rings. The minimum absolute atomic E-state index is 0.0545. The van der Waals surface area contributed by atoms with Crippen molar-refractivity contribution in [3.05, 3.63) is 77.1 Å². The zero-order valence-electron chi connectivity index (χ0n) is 15.8. The normalized spacial score (nSPS) is 17.4. The maximum atomic E-state index is 13.1. The Labute approximate surface area is 177 Å². The van der Waals surface area contributed by atoms with E-state index >= 15 is 0 Å². The molecule has 0 radical (unpaired) electrons. The molecule has 0 spiro atoms. The fraction of sp³-hybridized carbons (Fsp3) is 0.0952. The van der Waals surface area contributed by atoms with Crippen LogP contribution in [0.4, 0.5) is 4.39 Å². The zero-order valence-corrected chi connectivity index (χ0v) is 17.5. The summed E-state index contributed by atoms with van der Waals surface area (Å²) in [4.78, 5) is 18.8. The zero-order chi connectivity index (χ0) is 21.3. The Hall–Kier alpha value is -3.04. The van der Waals surface area contributed by atoms with Crippen LogP contribution in [0, 0.1) is 5.82 Å². The number of para-hydroxylation sites is 1. The lowest BCUT2D eigenvalue weighted by Gasteiger charge is -2.11. The summed E-state index contributed by atoms with van der Waals surface area (Å²) in [6.45, 7) is 1.99. The van der Waals surface area contributed by atoms with E-state index in [0.717, 1.165) is 46.9 Å². The van der Waals surface area contributed by atoms with Crippen molar-refractivity contribution in [2.24, 2.45) is 4.40 Å². The molecule has 3 aromatic rings. The molecule has 2 heterocycles. The van der Waals surface area contributed by atoms with E-state index in [1.165, 1.54) is 4.90 Å². The van der Waals surface area contributed by atoms with Gasteiger partial charge in [0.25, 0.3) is 15.9 Å². The summed E-state index contributed by atoms with van der Waals surface area (Å²) in [6.07, 6.45) is 1.62. The van der Waals surface area contributed by atoms with Crippen LogP contribution in [0.1, 0.15) is 12.6 Å². The lowest BCUT2D eigenvalue weighted by Crippen LogP contribution is -2.29. The minimum Gasteiger partial charge on any atom is -0.286 e. The average molecular weight is 442 g/mol. The Morgan fingerprint density at radius 2 is 1.83 bits per heavy atom. The fourth-order valence-electron chi connectivity index (χ4n) is 2.91. The smallest absolute Gasteiger partial charge is 0.284 e. The summed E-state index contributed by atoms with van der Waals surface area (Å²) in [5.41, 5.74) is 1.38. The number of rotatable bonds is 4. The third-order valence-electron chi connectivity index (χ3n) is 4.41. The van der Waals surface area contributed by atoms with E-state index in [-0.39, 0.29) is 22.5 Å². The molecule has 0 unspecified atom stereocenters. The number of hydrogen-bond acceptors (Lipinski definition) is 5. The molecule has 0 saturated carbocycles. The van der Waals surface area contributed by atoms with Gasteiger partial charge in [0.15, 0.2) is 5.17 Å². The Balaban J connectivity index is 1.69. The SMILES string of the molecule is CCN1C(=O)C(=Cc2ccc3ccccc3n2)SC1=NS(=O)(=O)c1ccc(F)cc1. The average Bonchev–Trinajstić information content (AvgIpc) is 3.01. The van der Waals surface area contributed by atoms with E-state index < -0.39 is 15.8 Å². The van der Waals surface area contributed by atoms with Gasteiger partial charge in [-0.3, -0.25) is 9.69 Å². The van der Waals surface area contributed by atoms with Crippen LogP contribution in [0.15, 0.2) is 74.9 Å². The summed E-state index contributed by atoms with van der Waals surface area (Å²) in [7, 11) is -4.09. The first-order valence-electron chi connectivity index (χ1n) is 9.05. The highest BCUT2D eigenvalue weighted by Gasteiger charge is 2.34. The van der Waals surface area contributed by atoms with Crippen LogP contribution in [0.25, 0.3) is 17.0 Å². The molecule has 0 bridgehead atoms. The predicted molar refractivity (Wildman–Crippen MR) is 116 cm³/mol. The molecule has 152 valence electrons. The number of hydrogen-bond donors (Lipinski definition) is 0. The summed E-state index contributed by atoms with van der Waals surface area (Å²) < 4.78 is 42.1. The molecule has 1 saturated heterocycles. The van der Waals surface area contributed by atoms with E-state index in [1.807, 2.05) is 30.3 Å². The van der Waals surface area contributed by atoms with Gasteiger partial charge in [-0.2, -0.15) is 8.42 Å². The van der Waals surface area contributed by atoms with Gasteiger partial charge in [0.05, 0.1) is 21.0 Å². The van der Waals surface area contributed by atoms with Crippen LogP contribution >= 0.6 is 11.8 Å². The lowest BCUT2D eigenvalue weighted by molar-refractivity contribution is -0.122. The lowest BCUT2D eigenvalue weighted by atomic mass is 10.2. The number of sulfonamides is 1. The number of pyridine rings is 1. The standard InChI is InChI=1S/C21H16FN3O3S2/c1-2-25-20(26)19(13-16-10-7-14-5-3-4-6-18(14)23-16)29-21(25)24-30(27,28)17-11-8-15(22)9-12-17/h3-13H,2H2,1H3. The molecule has 1 amide bonds. The minimum atomic E-state index is -4.09. The van der Waals surface area contributed by atoms with Crippen molar-refractivity contribution in [2.45, 2.75) is 11.8 Å². The van der Waals surface area contributed by atoms with Gasteiger partial charge < -0.3 is 0 Å². The number of amides is 1. The molecule has 1 fully saturated rings. The number of thioether (sulfide) groups is 1. The van der Waals surface area contributed by atoms with Crippen molar-refractivity contribution in [3.63, 3.8) is 0 Å². The summed E-state index contributed by atoms with van der Waals surface area (Å²) in [6, 6.07) is 15.7. The van der Waals surface area contributed by atoms with Crippen LogP contribution in [-0.2, 0) is 14.8 Å². The summed E-state index contributed by atoms with van der Waals surface area (Å²) in [5.74, 6) is -0.888. The highest BCUT2D eigenvalue weighted by atomic mass is 32.2. The van der Waals surface area contributed by atoms with Crippen molar-refractivity contribution < 1.29 is 17.6 Å². The van der Waals surface area contributed by atoms with Crippen LogP contribution < -0.4 is 0 Å². The molecule has 4 rings (SSSR count). The number of aromatic nitrogens is 1. The number of halogens is 1. The highest BCUT2D eigenvalue weighted by Crippen LogP contribution is 2.33. The largest absolute Gasteiger partial charge is 0.286 e. The molecule has 2 aromatic carbocycles. The van der Waals surface area contributed by atoms with Gasteiger partial charge in [0.2, 0.25) is 0 Å². The predicted octanol–water partition coefficient (Wildman–Crippen LogP) is 4.06. The van der Waals surface area contributed by atoms with E-state index in [9.17, 15) is 17.6 Å². The number of carbonyl (C=O) groups excluding carboxylic acids is 1. The Morgan fingerprint density at radius 1 is 1.10 bits per heavy atom. The van der Waals surface area contributed by atoms with Gasteiger partial charge in [0.1, 0.15) is 5.82 Å². The van der Waals surface area contributed by atoms with Crippen LogP contribution in [0.2, 0.25) is 0 Å². The van der Waals surface area contributed by atoms with Gasteiger partial charge in [-0.25, -0.2) is 9.37 Å². The van der Waals surface area contributed by atoms with Gasteiger partial charge in [0, 0.05) is 11.9 Å². The highest BCUT2D eigenvalue weighted by molar-refractivity contribution is 8.19. The molecular weight excluding hydrogens is 425 g/mol. The Bertz CT molecular complexity index is 1300. The molecule has 30 heavy (non-hydrogen) atoms. The second kappa shape index (κ2) is 8.00. The van der Waals surface area contributed by atoms with Crippen molar-refractivity contribution in [1.82, 2.24) is 9.88 Å². The Morgan fingerprint density at radius 3 is 2.57 bits per heavy atom. The molecular formula is C21H16FN3O3S2. The first-order valence-corrected chi connectivity index (χ1v) is 11.3. The van der Waals surface area contributed by atoms with Crippen molar-refractivity contribution in [3.8, 4) is 0 Å². The third-order valence-corrected chi connectivity index (χ3v) is 6.82. The van der Waals surface area contributed by atoms with Crippen molar-refractivity contribution >= 4 is 49.8 Å². The molecule has 0 N–H and O–H groups in total. The Kier molecular flexibility index (Phi) is 5.40. The monoisotopic (exact) mass is 441 g/mol. The van der Waals surface area contributed by atoms with E-state index in [0.29, 0.717) is 10.6 Å². The van der Waals surface area contributed by atoms with E-state index in [2.05, 4.69) is 9.38 Å². The quantitative estimate of drug-likeness (QED) is 0.571. The number of fused-ring (bicyclic) bond motifs is 1. The molecule has 1 aliphatic heterocycles. The van der Waals surface area contributed by atoms with Crippen molar-refractivity contribution in [2.75, 3.05) is 6.54 Å². The first-order chi connectivity index (χ1) is 14.4. The van der Waals surface area contributed by atoms with Gasteiger partial charge in [-0.1, -0.05) is 24.3 Å². The van der Waals surface area contributed by atoms with Crippen molar-refractivity contribution in [1.29, 1.82) is 0 Å². The molecule has 9 heteroatoms. The topological polar surface area (TPSA) is 79.7 Å². The van der Waals surface area contributed by atoms with Gasteiger partial charge in [-0.15, -0.1) is 4.40 Å². The summed E-state index contributed by atoms with van der Waals surface area (Å²) >= 11 is 0.971. The number of likely N-dealkylation sites (N-methyl/N-ethyl adjacent to an activating group) is 1. The van der Waals surface area contributed by atoms with Crippen LogP contribution in [-0.4, -0.2) is 35.9 Å². The van der Waals surface area contributed by atoms with Crippen LogP contribution in [0.5, 0.6) is 0 Å². The second-order valence-corrected chi connectivity index (χ2v) is 9.00. The molecule has 0 atom stereocenters. The number of carbonyl (C=O) groups is 1. The van der Waals surface area contributed by atoms with Crippen LogP contribution in [0.3, 0.4) is 0 Å². The molecule has 1 aromatic heterocycles. The third kappa shape index (κ3) is 3.99. The maximum Gasteiger partial charge on any atom is 0.284 e.